The van der Waals surface area contributed by atoms with Crippen molar-refractivity contribution in [1.29, 1.82) is 0 Å². The third kappa shape index (κ3) is 5.24. The average molecular weight is 427 g/mol. The number of nitrogens with zero attached hydrogens (tertiary/aromatic N) is 2. The van der Waals surface area contributed by atoms with Crippen LogP contribution in [-0.4, -0.2) is 57.1 Å². The van der Waals surface area contributed by atoms with E-state index in [9.17, 15) is 17.6 Å². The van der Waals surface area contributed by atoms with Crippen LogP contribution in [0.3, 0.4) is 0 Å². The van der Waals surface area contributed by atoms with E-state index >= 15 is 0 Å². The van der Waals surface area contributed by atoms with E-state index in [1.807, 2.05) is 4.90 Å². The normalized spacial score (nSPS) is 22.0. The predicted molar refractivity (Wildman–Crippen MR) is 109 cm³/mol. The molecule has 8 nitrogen and oxygen atoms in total. The number of nitrogens with one attached hydrogen (secondary N) is 2. The van der Waals surface area contributed by atoms with Crippen LogP contribution >= 0.6 is 0 Å². The van der Waals surface area contributed by atoms with Crippen molar-refractivity contribution in [2.24, 2.45) is 5.16 Å². The van der Waals surface area contributed by atoms with E-state index in [1.165, 1.54) is 13.0 Å². The number of oxime groups is 1. The molecule has 160 valence electrons. The summed E-state index contributed by atoms with van der Waals surface area (Å²) in [6.45, 7) is 6.03. The quantitative estimate of drug-likeness (QED) is 0.686. The van der Waals surface area contributed by atoms with Gasteiger partial charge in [0.25, 0.3) is 0 Å². The van der Waals surface area contributed by atoms with E-state index in [0.717, 1.165) is 6.42 Å². The van der Waals surface area contributed by atoms with E-state index in [0.29, 0.717) is 36.5 Å². The number of sulfonamides is 1. The molecule has 0 spiro atoms. The Hall–Kier alpha value is -2.20. The maximum Gasteiger partial charge on any atom is 0.217 e. The maximum absolute atomic E-state index is 14.7. The smallest absolute Gasteiger partial charge is 0.217 e. The lowest BCUT2D eigenvalue weighted by molar-refractivity contribution is -0.119. The van der Waals surface area contributed by atoms with Crippen LogP contribution in [0, 0.1) is 5.82 Å². The first-order chi connectivity index (χ1) is 13.7. The second-order valence-electron chi connectivity index (χ2n) is 7.71. The summed E-state index contributed by atoms with van der Waals surface area (Å²) in [5.41, 5.74) is 1.68. The SMILES string of the molecule is CC(=O)N[C@@H]1CCN(c2ccc(C3=NO[C@H](CNS(=O)(=O)C(C)C)C3)cc2F)C1. The summed E-state index contributed by atoms with van der Waals surface area (Å²) in [7, 11) is -3.37. The lowest BCUT2D eigenvalue weighted by Crippen LogP contribution is -2.36. The number of carbonyl (C=O) groups excluding carboxylic acids is 1. The van der Waals surface area contributed by atoms with Crippen LogP contribution < -0.4 is 14.9 Å². The molecule has 0 aliphatic carbocycles. The van der Waals surface area contributed by atoms with E-state index in [-0.39, 0.29) is 24.3 Å². The van der Waals surface area contributed by atoms with E-state index in [4.69, 9.17) is 4.84 Å². The van der Waals surface area contributed by atoms with Crippen LogP contribution in [0.1, 0.15) is 39.2 Å². The molecule has 1 saturated heterocycles. The molecule has 2 aliphatic rings. The maximum atomic E-state index is 14.7. The molecule has 1 aromatic rings. The van der Waals surface area contributed by atoms with Crippen LogP contribution in [0.4, 0.5) is 10.1 Å². The van der Waals surface area contributed by atoms with E-state index in [2.05, 4.69) is 15.2 Å². The Bertz CT molecular complexity index is 903. The minimum Gasteiger partial charge on any atom is -0.390 e. The average Bonchev–Trinajstić information content (AvgIpc) is 3.29. The van der Waals surface area contributed by atoms with Gasteiger partial charge in [0.05, 0.1) is 23.2 Å². The lowest BCUT2D eigenvalue weighted by atomic mass is 10.0. The molecule has 10 heteroatoms. The largest absolute Gasteiger partial charge is 0.390 e. The Morgan fingerprint density at radius 1 is 1.41 bits per heavy atom. The van der Waals surface area contributed by atoms with Gasteiger partial charge in [0.15, 0.2) is 0 Å². The first-order valence-corrected chi connectivity index (χ1v) is 11.2. The molecular weight excluding hydrogens is 399 g/mol. The van der Waals surface area contributed by atoms with Crippen LogP contribution in [0.25, 0.3) is 0 Å². The zero-order valence-corrected chi connectivity index (χ0v) is 17.6. The van der Waals surface area contributed by atoms with Crippen molar-refractivity contribution >= 4 is 27.3 Å². The third-order valence-corrected chi connectivity index (χ3v) is 6.89. The topological polar surface area (TPSA) is 100 Å². The Balaban J connectivity index is 1.59. The molecule has 0 unspecified atom stereocenters. The Morgan fingerprint density at radius 3 is 2.83 bits per heavy atom. The molecule has 0 aromatic heterocycles. The minimum absolute atomic E-state index is 0.0227. The highest BCUT2D eigenvalue weighted by Gasteiger charge is 2.28. The van der Waals surface area contributed by atoms with Gasteiger partial charge in [-0.2, -0.15) is 0 Å². The second-order valence-corrected chi connectivity index (χ2v) is 10.0. The number of amides is 1. The number of benzene rings is 1. The molecule has 0 radical (unpaired) electrons. The molecule has 2 heterocycles. The van der Waals surface area contributed by atoms with Gasteiger partial charge in [-0.15, -0.1) is 0 Å². The summed E-state index contributed by atoms with van der Waals surface area (Å²) < 4.78 is 40.9. The van der Waals surface area contributed by atoms with Crippen LogP contribution in [-0.2, 0) is 19.7 Å². The van der Waals surface area contributed by atoms with Crippen LogP contribution in [0.5, 0.6) is 0 Å². The first kappa shape index (κ1) is 21.5. The number of halogens is 1. The molecule has 2 N–H and O–H groups in total. The molecule has 1 fully saturated rings. The Morgan fingerprint density at radius 2 is 2.17 bits per heavy atom. The number of rotatable bonds is 7. The van der Waals surface area contributed by atoms with Crippen molar-refractivity contribution in [3.63, 3.8) is 0 Å². The zero-order valence-electron chi connectivity index (χ0n) is 16.8. The molecular formula is C19H27FN4O4S. The van der Waals surface area contributed by atoms with Gasteiger partial charge >= 0.3 is 0 Å². The van der Waals surface area contributed by atoms with Gasteiger partial charge in [0.1, 0.15) is 11.9 Å². The monoisotopic (exact) mass is 426 g/mol. The predicted octanol–water partition coefficient (Wildman–Crippen LogP) is 1.36. The van der Waals surface area contributed by atoms with Gasteiger partial charge < -0.3 is 15.1 Å². The summed E-state index contributed by atoms with van der Waals surface area (Å²) >= 11 is 0. The van der Waals surface area contributed by atoms with Gasteiger partial charge in [-0.1, -0.05) is 11.2 Å². The van der Waals surface area contributed by atoms with E-state index in [1.54, 1.807) is 26.0 Å². The third-order valence-electron chi connectivity index (χ3n) is 5.08. The lowest BCUT2D eigenvalue weighted by Gasteiger charge is -2.20. The summed E-state index contributed by atoms with van der Waals surface area (Å²) in [6.07, 6.45) is 0.751. The number of anilines is 1. The zero-order chi connectivity index (χ0) is 21.2. The molecule has 2 atom stereocenters. The minimum atomic E-state index is -3.37. The van der Waals surface area contributed by atoms with Crippen LogP contribution in [0.2, 0.25) is 0 Å². The summed E-state index contributed by atoms with van der Waals surface area (Å²) in [6, 6.07) is 4.93. The van der Waals surface area contributed by atoms with Crippen molar-refractivity contribution < 1.29 is 22.4 Å². The number of carbonyl (C=O) groups is 1. The Labute approximate surface area is 170 Å². The molecule has 3 rings (SSSR count). The molecule has 1 aromatic carbocycles. The molecule has 0 saturated carbocycles. The summed E-state index contributed by atoms with van der Waals surface area (Å²) in [4.78, 5) is 18.4. The number of hydrogen-bond acceptors (Lipinski definition) is 6. The molecule has 0 bridgehead atoms. The standard InChI is InChI=1S/C19H27FN4O4S/c1-12(2)29(26,27)21-10-16-9-18(23-28-16)14-4-5-19(17(20)8-14)24-7-6-15(11-24)22-13(3)25/h4-5,8,12,15-16,21H,6-7,9-11H2,1-3H3,(H,22,25)/t15-,16+/m1/s1. The highest BCUT2D eigenvalue weighted by atomic mass is 32.2. The molecule has 29 heavy (non-hydrogen) atoms. The van der Waals surface area contributed by atoms with Gasteiger partial charge in [0, 0.05) is 38.0 Å². The van der Waals surface area contributed by atoms with Crippen molar-refractivity contribution in [2.45, 2.75) is 51.0 Å². The number of hydrogen-bond donors (Lipinski definition) is 2. The fourth-order valence-corrected chi connectivity index (χ4v) is 4.16. The molecule has 2 aliphatic heterocycles. The first-order valence-electron chi connectivity index (χ1n) is 9.69. The van der Waals surface area contributed by atoms with Crippen LogP contribution in [0.15, 0.2) is 23.4 Å². The fourth-order valence-electron chi connectivity index (χ4n) is 3.41. The van der Waals surface area contributed by atoms with Crippen molar-refractivity contribution in [3.05, 3.63) is 29.6 Å². The van der Waals surface area contributed by atoms with Crippen molar-refractivity contribution in [2.75, 3.05) is 24.5 Å². The Kier molecular flexibility index (Phi) is 6.42. The van der Waals surface area contributed by atoms with Crippen molar-refractivity contribution in [1.82, 2.24) is 10.0 Å². The summed E-state index contributed by atoms with van der Waals surface area (Å²) in [5, 5.41) is 6.34. The van der Waals surface area contributed by atoms with Gasteiger partial charge in [-0.25, -0.2) is 17.5 Å². The van der Waals surface area contributed by atoms with E-state index < -0.39 is 21.4 Å². The highest BCUT2D eigenvalue weighted by Crippen LogP contribution is 2.26. The second kappa shape index (κ2) is 8.66. The van der Waals surface area contributed by atoms with Crippen molar-refractivity contribution in [3.8, 4) is 0 Å². The fraction of sp³-hybridized carbons (Fsp3) is 0.579. The molecule has 1 amide bonds. The highest BCUT2D eigenvalue weighted by molar-refractivity contribution is 7.90. The van der Waals surface area contributed by atoms with Gasteiger partial charge in [-0.3, -0.25) is 4.79 Å². The van der Waals surface area contributed by atoms with Gasteiger partial charge in [0.2, 0.25) is 15.9 Å². The van der Waals surface area contributed by atoms with Gasteiger partial charge in [-0.05, 0) is 32.4 Å². The summed E-state index contributed by atoms with van der Waals surface area (Å²) in [5.74, 6) is -0.449.